The van der Waals surface area contributed by atoms with E-state index in [0.717, 1.165) is 0 Å². The summed E-state index contributed by atoms with van der Waals surface area (Å²) in [7, 11) is 9.80. The van der Waals surface area contributed by atoms with Crippen molar-refractivity contribution < 1.29 is 8.97 Å². The van der Waals surface area contributed by atoms with E-state index in [1.165, 1.54) is 157 Å². The number of rotatable bonds is 24. The van der Waals surface area contributed by atoms with Crippen LogP contribution in [0.5, 0.6) is 0 Å². The highest BCUT2D eigenvalue weighted by Gasteiger charge is 2.26. The molecule has 0 saturated carbocycles. The molecule has 0 rings (SSSR count). The van der Waals surface area contributed by atoms with Crippen molar-refractivity contribution in [1.82, 2.24) is 0 Å². The molecule has 0 atom stereocenters. The Morgan fingerprint density at radius 2 is 0.548 bits per heavy atom. The zero-order chi connectivity index (χ0) is 23.3. The molecular weight excluding hydrogens is 376 g/mol. The Bertz CT molecular complexity index is 328. The summed E-state index contributed by atoms with van der Waals surface area (Å²) in [5, 5.41) is 0. The van der Waals surface area contributed by atoms with Crippen LogP contribution in [0.25, 0.3) is 0 Å². The van der Waals surface area contributed by atoms with E-state index in [2.05, 4.69) is 42.0 Å². The molecule has 31 heavy (non-hydrogen) atoms. The second kappa shape index (κ2) is 20.5. The van der Waals surface area contributed by atoms with Crippen LogP contribution in [0.3, 0.4) is 0 Å². The van der Waals surface area contributed by atoms with Crippen molar-refractivity contribution in [2.45, 2.75) is 142 Å². The Kier molecular flexibility index (Phi) is 20.5. The maximum absolute atomic E-state index is 2.45. The zero-order valence-electron chi connectivity index (χ0n) is 23.2. The summed E-state index contributed by atoms with van der Waals surface area (Å²) in [5.41, 5.74) is 0. The van der Waals surface area contributed by atoms with Gasteiger partial charge in [-0.2, -0.15) is 0 Å². The van der Waals surface area contributed by atoms with Gasteiger partial charge < -0.3 is 0 Å². The number of unbranched alkanes of at least 4 members (excludes halogenated alkanes) is 18. The predicted octanol–water partition coefficient (Wildman–Crippen LogP) is 8.94. The largest absolute Gasteiger partial charge is 0.282 e. The molecule has 0 N–H and O–H groups in total. The van der Waals surface area contributed by atoms with Crippen LogP contribution in [0.4, 0.5) is 0 Å². The van der Waals surface area contributed by atoms with Crippen molar-refractivity contribution in [3.05, 3.63) is 0 Å². The Balaban J connectivity index is 3.65. The molecule has 0 aromatic heterocycles. The van der Waals surface area contributed by atoms with E-state index in [0.29, 0.717) is 0 Å². The van der Waals surface area contributed by atoms with E-state index in [-0.39, 0.29) is 0 Å². The summed E-state index contributed by atoms with van der Waals surface area (Å²) in [5.74, 6) is 0. The minimum absolute atomic E-state index is 1.18. The lowest BCUT2D eigenvalue weighted by Gasteiger charge is -2.39. The van der Waals surface area contributed by atoms with Gasteiger partial charge in [0.25, 0.3) is 0 Å². The van der Waals surface area contributed by atoms with Crippen molar-refractivity contribution in [3.8, 4) is 0 Å². The molecule has 0 amide bonds. The fourth-order valence-electron chi connectivity index (χ4n) is 5.23. The summed E-state index contributed by atoms with van der Waals surface area (Å²) >= 11 is 0. The lowest BCUT2D eigenvalue weighted by molar-refractivity contribution is -1.07. The van der Waals surface area contributed by atoms with Gasteiger partial charge >= 0.3 is 0 Å². The number of hydrogen-bond acceptors (Lipinski definition) is 0. The molecule has 0 aromatic carbocycles. The van der Waals surface area contributed by atoms with Crippen LogP contribution < -0.4 is 0 Å². The summed E-state index contributed by atoms with van der Waals surface area (Å²) < 4.78 is 2.36. The van der Waals surface area contributed by atoms with E-state index in [9.17, 15) is 0 Å². The molecule has 0 aliphatic carbocycles. The van der Waals surface area contributed by atoms with Crippen molar-refractivity contribution >= 4 is 0 Å². The normalized spacial score (nSPS) is 12.6. The molecule has 0 unspecified atom stereocenters. The van der Waals surface area contributed by atoms with Gasteiger partial charge in [0.2, 0.25) is 6.67 Å². The smallest absolute Gasteiger partial charge is 0.206 e. The van der Waals surface area contributed by atoms with Gasteiger partial charge in [-0.05, 0) is 25.7 Å². The lowest BCUT2D eigenvalue weighted by atomic mass is 10.1. The molecule has 0 radical (unpaired) electrons. The van der Waals surface area contributed by atoms with Gasteiger partial charge in [-0.25, -0.2) is 0 Å². The van der Waals surface area contributed by atoms with E-state index in [4.69, 9.17) is 0 Å². The highest BCUT2D eigenvalue weighted by molar-refractivity contribution is 4.49. The van der Waals surface area contributed by atoms with Crippen LogP contribution in [-0.4, -0.2) is 56.9 Å². The van der Waals surface area contributed by atoms with E-state index in [1.807, 2.05) is 0 Å². The highest BCUT2D eigenvalue weighted by atomic mass is 15.5. The molecule has 0 aliphatic heterocycles. The molecule has 188 valence electrons. The minimum Gasteiger partial charge on any atom is -0.282 e. The van der Waals surface area contributed by atoms with Crippen LogP contribution in [0.15, 0.2) is 0 Å². The fraction of sp³-hybridized carbons (Fsp3) is 1.00. The van der Waals surface area contributed by atoms with E-state index in [1.54, 1.807) is 0 Å². The first-order valence-corrected chi connectivity index (χ1v) is 14.5. The van der Waals surface area contributed by atoms with Gasteiger partial charge in [-0.15, -0.1) is 0 Å². The monoisotopic (exact) mass is 441 g/mol. The van der Waals surface area contributed by atoms with Crippen molar-refractivity contribution in [1.29, 1.82) is 0 Å². The zero-order valence-corrected chi connectivity index (χ0v) is 23.2. The van der Waals surface area contributed by atoms with Gasteiger partial charge in [0, 0.05) is 0 Å². The molecule has 0 aromatic rings. The molecule has 0 saturated heterocycles. The standard InChI is InChI=1S/C29H64N2/c1-7-9-11-13-15-17-19-21-23-25-27-30(3,4)29-31(5,6)28-26-24-22-20-18-16-14-12-10-8-2/h7-29H2,1-6H3/q+2. The molecule has 0 spiro atoms. The van der Waals surface area contributed by atoms with Gasteiger partial charge in [-0.3, -0.25) is 8.97 Å². The van der Waals surface area contributed by atoms with Gasteiger partial charge in [0.15, 0.2) is 0 Å². The third-order valence-electron chi connectivity index (χ3n) is 7.00. The number of nitrogens with zero attached hydrogens (tertiary/aromatic N) is 2. The third-order valence-corrected chi connectivity index (χ3v) is 7.00. The second-order valence-electron chi connectivity index (χ2n) is 11.8. The average Bonchev–Trinajstić information content (AvgIpc) is 2.70. The number of hydrogen-bond donors (Lipinski definition) is 0. The van der Waals surface area contributed by atoms with Crippen molar-refractivity contribution in [2.24, 2.45) is 0 Å². The van der Waals surface area contributed by atoms with Gasteiger partial charge in [0.1, 0.15) is 0 Å². The SMILES string of the molecule is CCCCCCCCCCCC[N+](C)(C)C[N+](C)(C)CCCCCCCCCCCC. The molecule has 0 bridgehead atoms. The van der Waals surface area contributed by atoms with Crippen LogP contribution in [0.2, 0.25) is 0 Å². The molecule has 2 nitrogen and oxygen atoms in total. The van der Waals surface area contributed by atoms with Crippen LogP contribution in [-0.2, 0) is 0 Å². The van der Waals surface area contributed by atoms with Crippen LogP contribution in [0.1, 0.15) is 142 Å². The Labute approximate surface area is 199 Å². The maximum Gasteiger partial charge on any atom is 0.206 e. The first-order valence-electron chi connectivity index (χ1n) is 14.5. The third kappa shape index (κ3) is 22.9. The summed E-state index contributed by atoms with van der Waals surface area (Å²) in [6.07, 6.45) is 28.8. The Morgan fingerprint density at radius 1 is 0.323 bits per heavy atom. The maximum atomic E-state index is 2.45. The summed E-state index contributed by atoms with van der Waals surface area (Å²) in [6, 6.07) is 0. The number of quaternary nitrogens is 2. The summed E-state index contributed by atoms with van der Waals surface area (Å²) in [6.45, 7) is 8.57. The van der Waals surface area contributed by atoms with Gasteiger partial charge in [-0.1, -0.05) is 117 Å². The van der Waals surface area contributed by atoms with Crippen LogP contribution >= 0.6 is 0 Å². The Hall–Kier alpha value is -0.0800. The fourth-order valence-corrected chi connectivity index (χ4v) is 5.23. The highest BCUT2D eigenvalue weighted by Crippen LogP contribution is 2.15. The summed E-state index contributed by atoms with van der Waals surface area (Å²) in [4.78, 5) is 0. The second-order valence-corrected chi connectivity index (χ2v) is 11.8. The molecular formula is C29H64N2+2. The Morgan fingerprint density at radius 3 is 0.806 bits per heavy atom. The minimum atomic E-state index is 1.18. The first-order chi connectivity index (χ1) is 14.8. The first kappa shape index (κ1) is 30.9. The predicted molar refractivity (Wildman–Crippen MR) is 143 cm³/mol. The van der Waals surface area contributed by atoms with Crippen molar-refractivity contribution in [3.63, 3.8) is 0 Å². The molecule has 2 heteroatoms. The van der Waals surface area contributed by atoms with E-state index < -0.39 is 0 Å². The lowest BCUT2D eigenvalue weighted by Crippen LogP contribution is -2.56. The molecule has 0 aliphatic rings. The molecule has 0 fully saturated rings. The van der Waals surface area contributed by atoms with E-state index >= 15 is 0 Å². The molecule has 0 heterocycles. The van der Waals surface area contributed by atoms with Gasteiger partial charge in [0.05, 0.1) is 41.3 Å². The average molecular weight is 441 g/mol. The van der Waals surface area contributed by atoms with Crippen LogP contribution in [0, 0.1) is 0 Å². The quantitative estimate of drug-likeness (QED) is 0.0798. The topological polar surface area (TPSA) is 0 Å². The van der Waals surface area contributed by atoms with Crippen molar-refractivity contribution in [2.75, 3.05) is 47.9 Å².